The molecule has 4 aromatic rings. The largest absolute Gasteiger partial charge is 0.493 e. The molecule has 6 rings (SSSR count). The maximum Gasteiger partial charge on any atom is 0.329 e. The van der Waals surface area contributed by atoms with E-state index in [2.05, 4.69) is 21.3 Å². The fourth-order valence-corrected chi connectivity index (χ4v) is 10.5. The zero-order chi connectivity index (χ0) is 60.4. The first-order valence-electron chi connectivity index (χ1n) is 29.8. The number of carbonyl (C=O) groups is 6. The summed E-state index contributed by atoms with van der Waals surface area (Å²) in [5.74, 6) is -0.00657. The van der Waals surface area contributed by atoms with Crippen LogP contribution in [0, 0.1) is 0 Å². The fourth-order valence-electron chi connectivity index (χ4n) is 10.5. The number of nitrogens with zero attached hydrogens (tertiary/aromatic N) is 2. The number of carbonyl (C=O) groups excluding carboxylic acids is 6. The number of ether oxygens (including phenoxy) is 6. The van der Waals surface area contributed by atoms with E-state index < -0.39 is 48.0 Å². The molecule has 0 saturated carbocycles. The van der Waals surface area contributed by atoms with Crippen molar-refractivity contribution in [2.24, 2.45) is 0 Å². The van der Waals surface area contributed by atoms with Crippen molar-refractivity contribution in [3.8, 4) is 23.0 Å². The summed E-state index contributed by atoms with van der Waals surface area (Å²) in [5.41, 5.74) is 4.28. The number of amides is 6. The van der Waals surface area contributed by atoms with Crippen molar-refractivity contribution in [2.75, 3.05) is 53.6 Å². The molecule has 2 saturated heterocycles. The number of methoxy groups -OCH3 is 2. The number of aliphatic hydroxyl groups excluding tert-OH is 2. The van der Waals surface area contributed by atoms with Gasteiger partial charge in [0.25, 0.3) is 11.8 Å². The molecule has 0 unspecified atom stereocenters. The number of aryl methyl sites for hydroxylation is 2. The van der Waals surface area contributed by atoms with Gasteiger partial charge in [-0.2, -0.15) is 0 Å². The number of aliphatic hydroxyl groups is 2. The van der Waals surface area contributed by atoms with Crippen molar-refractivity contribution in [1.29, 1.82) is 0 Å². The van der Waals surface area contributed by atoms with E-state index in [1.807, 2.05) is 70.2 Å². The lowest BCUT2D eigenvalue weighted by Gasteiger charge is -2.36. The van der Waals surface area contributed by atoms with Gasteiger partial charge >= 0.3 is 24.0 Å². The van der Waals surface area contributed by atoms with Crippen LogP contribution in [0.4, 0.5) is 9.59 Å². The van der Waals surface area contributed by atoms with Crippen molar-refractivity contribution in [2.45, 2.75) is 167 Å². The molecule has 6 N–H and O–H groups in total. The third-order valence-electron chi connectivity index (χ3n) is 15.6. The Morgan fingerprint density at radius 2 is 1.00 bits per heavy atom. The highest BCUT2D eigenvalue weighted by molar-refractivity contribution is 5.85. The van der Waals surface area contributed by atoms with Gasteiger partial charge in [-0.15, -0.1) is 0 Å². The van der Waals surface area contributed by atoms with Crippen molar-refractivity contribution in [3.05, 3.63) is 118 Å². The van der Waals surface area contributed by atoms with Gasteiger partial charge in [-0.25, -0.2) is 19.2 Å². The molecule has 6 amide bonds. The summed E-state index contributed by atoms with van der Waals surface area (Å²) < 4.78 is 35.4. The van der Waals surface area contributed by atoms with Gasteiger partial charge in [0.2, 0.25) is 0 Å². The zero-order valence-corrected chi connectivity index (χ0v) is 49.8. The minimum absolute atomic E-state index is 0.00494. The van der Waals surface area contributed by atoms with Gasteiger partial charge in [-0.05, 0) is 160 Å². The van der Waals surface area contributed by atoms with Crippen LogP contribution in [0.5, 0.6) is 23.0 Å². The highest BCUT2D eigenvalue weighted by atomic mass is 16.6. The van der Waals surface area contributed by atoms with Crippen LogP contribution < -0.4 is 40.2 Å². The van der Waals surface area contributed by atoms with Gasteiger partial charge in [-0.1, -0.05) is 76.2 Å². The van der Waals surface area contributed by atoms with Gasteiger partial charge in [-0.3, -0.25) is 9.59 Å². The van der Waals surface area contributed by atoms with Gasteiger partial charge in [0, 0.05) is 38.3 Å². The second-order valence-electron chi connectivity index (χ2n) is 21.3. The molecule has 4 aromatic carbocycles. The Morgan fingerprint density at radius 1 is 0.548 bits per heavy atom. The van der Waals surface area contributed by atoms with Crippen LogP contribution in [0.3, 0.4) is 0 Å². The molecular weight excluding hydrogens is 1080 g/mol. The molecule has 20 heteroatoms. The third-order valence-corrected chi connectivity index (χ3v) is 15.6. The zero-order valence-electron chi connectivity index (χ0n) is 49.8. The number of piperidine rings is 2. The topological polar surface area (TPSA) is 253 Å². The maximum absolute atomic E-state index is 14.1. The summed E-state index contributed by atoms with van der Waals surface area (Å²) in [6.45, 7) is 7.96. The Hall–Kier alpha value is -7.58. The minimum atomic E-state index is -0.772. The summed E-state index contributed by atoms with van der Waals surface area (Å²) in [6, 6.07) is 22.9. The van der Waals surface area contributed by atoms with E-state index in [0.29, 0.717) is 96.9 Å². The third kappa shape index (κ3) is 19.5. The van der Waals surface area contributed by atoms with Crippen molar-refractivity contribution < 1.29 is 67.4 Å². The summed E-state index contributed by atoms with van der Waals surface area (Å²) in [6.07, 6.45) is 7.29. The van der Waals surface area contributed by atoms with E-state index in [0.717, 1.165) is 62.5 Å². The Balaban J connectivity index is 1.03. The minimum Gasteiger partial charge on any atom is -0.493 e. The Labute approximate surface area is 494 Å². The summed E-state index contributed by atoms with van der Waals surface area (Å²) in [4.78, 5) is 84.3. The highest BCUT2D eigenvalue weighted by Gasteiger charge is 2.37. The molecule has 4 atom stereocenters. The monoisotopic (exact) mass is 1160 g/mol. The number of hydrogen-bond acceptors (Lipinski definition) is 14. The first-order valence-corrected chi connectivity index (χ1v) is 29.8. The Bertz CT molecular complexity index is 2590. The fraction of sp³-hybridized carbons (Fsp3) is 0.531. The molecule has 0 aromatic heterocycles. The molecule has 2 aliphatic heterocycles. The standard InChI is InChI=1S/C64H88N6O14/c1-7-49(8-2)67-63(77)69-33-13-11-21-53(69)61(75)83-55(28-24-43-23-27-47(39-71)48(35-43)40-72)45-17-15-19-51(37-45)81-41-59(73)65-31-32-66-60(74)42-82-52-20-16-18-46(38-52)56(29-25-44-26-30-57(79-5)58(36-44)80-6)84-62(76)54-22-12-14-34-70(54)64(78)68-50(9-3)10-4/h15-20,23,26-27,30,35-38,49-50,53-56,71-72H,7-14,21-22,24-25,28-29,31-34,39-42H2,1-6H3,(H,65,73)(H,66,74)(H,67,77)(H,68,78)/t53-,54-,55+,56+/m0/s1. The Morgan fingerprint density at radius 3 is 1.44 bits per heavy atom. The molecule has 0 radical (unpaired) electrons. The summed E-state index contributed by atoms with van der Waals surface area (Å²) >= 11 is 0. The van der Waals surface area contributed by atoms with Gasteiger partial charge < -0.3 is 69.7 Å². The van der Waals surface area contributed by atoms with Gasteiger partial charge in [0.15, 0.2) is 24.7 Å². The van der Waals surface area contributed by atoms with Crippen LogP contribution in [0.25, 0.3) is 0 Å². The number of benzene rings is 4. The lowest BCUT2D eigenvalue weighted by atomic mass is 9.97. The smallest absolute Gasteiger partial charge is 0.329 e. The van der Waals surface area contributed by atoms with E-state index in [9.17, 15) is 39.0 Å². The number of urea groups is 2. The number of hydrogen-bond donors (Lipinski definition) is 6. The van der Waals surface area contributed by atoms with Crippen LogP contribution in [0.2, 0.25) is 0 Å². The van der Waals surface area contributed by atoms with Gasteiger partial charge in [0.1, 0.15) is 35.8 Å². The Kier molecular flexibility index (Phi) is 26.7. The summed E-state index contributed by atoms with van der Waals surface area (Å²) in [5, 5.41) is 31.4. The molecule has 84 heavy (non-hydrogen) atoms. The normalized spacial score (nSPS) is 15.8. The van der Waals surface area contributed by atoms with Crippen LogP contribution in [-0.2, 0) is 54.7 Å². The molecule has 20 nitrogen and oxygen atoms in total. The summed E-state index contributed by atoms with van der Waals surface area (Å²) in [7, 11) is 3.14. The average Bonchev–Trinajstić information content (AvgIpc) is 3.70. The quantitative estimate of drug-likeness (QED) is 0.0205. The molecule has 2 fully saturated rings. The van der Waals surface area contributed by atoms with E-state index in [-0.39, 0.29) is 63.7 Å². The molecular formula is C64H88N6O14. The molecule has 0 aliphatic carbocycles. The molecule has 2 heterocycles. The van der Waals surface area contributed by atoms with Crippen LogP contribution in [-0.4, -0.2) is 134 Å². The van der Waals surface area contributed by atoms with Crippen LogP contribution >= 0.6 is 0 Å². The van der Waals surface area contributed by atoms with E-state index in [1.54, 1.807) is 66.5 Å². The van der Waals surface area contributed by atoms with Crippen molar-refractivity contribution in [1.82, 2.24) is 31.1 Å². The second-order valence-corrected chi connectivity index (χ2v) is 21.3. The molecule has 458 valence electrons. The lowest BCUT2D eigenvalue weighted by Crippen LogP contribution is -2.54. The molecule has 2 aliphatic rings. The lowest BCUT2D eigenvalue weighted by molar-refractivity contribution is -0.157. The first-order chi connectivity index (χ1) is 40.7. The van der Waals surface area contributed by atoms with Crippen LogP contribution in [0.1, 0.15) is 150 Å². The predicted molar refractivity (Wildman–Crippen MR) is 317 cm³/mol. The number of nitrogens with one attached hydrogen (secondary N) is 4. The van der Waals surface area contributed by atoms with Crippen LogP contribution in [0.15, 0.2) is 84.9 Å². The molecule has 0 spiro atoms. The van der Waals surface area contributed by atoms with E-state index in [4.69, 9.17) is 28.4 Å². The average molecular weight is 1170 g/mol. The van der Waals surface area contributed by atoms with Gasteiger partial charge in [0.05, 0.1) is 27.4 Å². The highest BCUT2D eigenvalue weighted by Crippen LogP contribution is 2.34. The number of rotatable bonds is 31. The predicted octanol–water partition coefficient (Wildman–Crippen LogP) is 8.32. The number of esters is 2. The number of likely N-dealkylation sites (tertiary alicyclic amines) is 2. The van der Waals surface area contributed by atoms with E-state index in [1.165, 1.54) is 0 Å². The van der Waals surface area contributed by atoms with Crippen molar-refractivity contribution in [3.63, 3.8) is 0 Å². The van der Waals surface area contributed by atoms with E-state index >= 15 is 0 Å². The second kappa shape index (κ2) is 34.3. The maximum atomic E-state index is 14.1. The first kappa shape index (κ1) is 65.6. The SMILES string of the molecule is CCC(CC)NC(=O)N1CCCC[C@H]1C(=O)O[C@H](CCc1ccc(CO)c(CO)c1)c1cccc(OCC(=O)NCCNC(=O)COc2cccc([C@@H](CCc3ccc(OC)c(OC)c3)OC(=O)[C@@H]3CCCCN3C(=O)NC(CC)CC)c2)c1. The van der Waals surface area contributed by atoms with Crippen molar-refractivity contribution >= 4 is 35.8 Å². The molecule has 0 bridgehead atoms.